The zero-order valence-corrected chi connectivity index (χ0v) is 10.5. The number of para-hydroxylation sites is 2. The summed E-state index contributed by atoms with van der Waals surface area (Å²) in [4.78, 5) is 0. The second kappa shape index (κ2) is 5.03. The lowest BCUT2D eigenvalue weighted by atomic mass is 10.0. The van der Waals surface area contributed by atoms with Crippen molar-refractivity contribution in [2.45, 2.75) is 5.92 Å². The highest BCUT2D eigenvalue weighted by Gasteiger charge is 2.23. The van der Waals surface area contributed by atoms with Gasteiger partial charge in [-0.15, -0.1) is 0 Å². The van der Waals surface area contributed by atoms with Crippen molar-refractivity contribution in [1.82, 2.24) is 0 Å². The van der Waals surface area contributed by atoms with Crippen molar-refractivity contribution in [3.63, 3.8) is 0 Å². The molecule has 0 aromatic heterocycles. The lowest BCUT2D eigenvalue weighted by molar-refractivity contribution is 0.334. The van der Waals surface area contributed by atoms with Crippen LogP contribution in [0.15, 0.2) is 48.5 Å². The predicted molar refractivity (Wildman–Crippen MR) is 74.3 cm³/mol. The Morgan fingerprint density at radius 1 is 1.16 bits per heavy atom. The topological polar surface area (TPSA) is 45.0 Å². The monoisotopic (exact) mass is 250 g/mol. The largest absolute Gasteiger partial charge is 0.493 e. The lowest BCUT2D eigenvalue weighted by Gasteiger charge is -2.12. The molecule has 2 aromatic rings. The maximum absolute atomic E-state index is 9.05. The standard InChI is InChI=1S/C16H14N2O/c17-9-12-5-1-3-7-15(12)18-10-13-11-19-16-8-4-2-6-14(13)16/h1-8,13,18H,10-11H2. The minimum atomic E-state index is 0.336. The fourth-order valence-corrected chi connectivity index (χ4v) is 2.37. The van der Waals surface area contributed by atoms with E-state index in [1.54, 1.807) is 0 Å². The quantitative estimate of drug-likeness (QED) is 0.910. The number of ether oxygens (including phenoxy) is 1. The predicted octanol–water partition coefficient (Wildman–Crippen LogP) is 3.15. The van der Waals surface area contributed by atoms with E-state index in [1.807, 2.05) is 42.5 Å². The number of nitrogens with one attached hydrogen (secondary N) is 1. The summed E-state index contributed by atoms with van der Waals surface area (Å²) in [5.74, 6) is 1.31. The molecular weight excluding hydrogens is 236 g/mol. The van der Waals surface area contributed by atoms with Crippen LogP contribution in [0, 0.1) is 11.3 Å². The summed E-state index contributed by atoms with van der Waals surface area (Å²) in [6.45, 7) is 1.47. The number of rotatable bonds is 3. The number of hydrogen-bond acceptors (Lipinski definition) is 3. The van der Waals surface area contributed by atoms with Gasteiger partial charge in [0.25, 0.3) is 0 Å². The fraction of sp³-hybridized carbons (Fsp3) is 0.188. The van der Waals surface area contributed by atoms with E-state index < -0.39 is 0 Å². The van der Waals surface area contributed by atoms with E-state index in [2.05, 4.69) is 17.5 Å². The van der Waals surface area contributed by atoms with Crippen LogP contribution in [0.4, 0.5) is 5.69 Å². The second-order valence-electron chi connectivity index (χ2n) is 4.58. The van der Waals surface area contributed by atoms with Gasteiger partial charge in [-0.25, -0.2) is 0 Å². The third-order valence-electron chi connectivity index (χ3n) is 3.39. The highest BCUT2D eigenvalue weighted by atomic mass is 16.5. The van der Waals surface area contributed by atoms with E-state index in [-0.39, 0.29) is 0 Å². The lowest BCUT2D eigenvalue weighted by Crippen LogP contribution is -2.14. The molecule has 0 saturated carbocycles. The molecular formula is C16H14N2O. The third kappa shape index (κ3) is 2.25. The van der Waals surface area contributed by atoms with Crippen molar-refractivity contribution in [3.05, 3.63) is 59.7 Å². The summed E-state index contributed by atoms with van der Waals surface area (Å²) < 4.78 is 5.65. The highest BCUT2D eigenvalue weighted by Crippen LogP contribution is 2.33. The molecule has 0 spiro atoms. The van der Waals surface area contributed by atoms with Crippen molar-refractivity contribution in [2.24, 2.45) is 0 Å². The summed E-state index contributed by atoms with van der Waals surface area (Å²) >= 11 is 0. The van der Waals surface area contributed by atoms with Gasteiger partial charge in [0.1, 0.15) is 11.8 Å². The highest BCUT2D eigenvalue weighted by molar-refractivity contribution is 5.57. The molecule has 0 amide bonds. The van der Waals surface area contributed by atoms with Crippen LogP contribution in [0.1, 0.15) is 17.0 Å². The molecule has 0 aliphatic carbocycles. The Hall–Kier alpha value is -2.47. The number of fused-ring (bicyclic) bond motifs is 1. The molecule has 1 N–H and O–H groups in total. The number of nitriles is 1. The van der Waals surface area contributed by atoms with Crippen molar-refractivity contribution in [1.29, 1.82) is 5.26 Å². The smallest absolute Gasteiger partial charge is 0.122 e. The molecule has 1 atom stereocenters. The molecule has 3 rings (SSSR count). The van der Waals surface area contributed by atoms with Gasteiger partial charge in [-0.2, -0.15) is 5.26 Å². The number of benzene rings is 2. The van der Waals surface area contributed by atoms with Crippen LogP contribution in [0.25, 0.3) is 0 Å². The molecule has 1 unspecified atom stereocenters. The molecule has 0 radical (unpaired) electrons. The van der Waals surface area contributed by atoms with Gasteiger partial charge in [0.2, 0.25) is 0 Å². The molecule has 0 bridgehead atoms. The molecule has 2 aromatic carbocycles. The molecule has 3 heteroatoms. The van der Waals surface area contributed by atoms with Crippen LogP contribution in [-0.4, -0.2) is 13.2 Å². The molecule has 1 aliphatic rings. The molecule has 1 heterocycles. The maximum Gasteiger partial charge on any atom is 0.122 e. The minimum Gasteiger partial charge on any atom is -0.493 e. The van der Waals surface area contributed by atoms with E-state index in [0.717, 1.165) is 18.0 Å². The van der Waals surface area contributed by atoms with E-state index in [1.165, 1.54) is 5.56 Å². The summed E-state index contributed by atoms with van der Waals surface area (Å²) in [5.41, 5.74) is 2.80. The Labute approximate surface area is 112 Å². The minimum absolute atomic E-state index is 0.336. The van der Waals surface area contributed by atoms with Crippen LogP contribution in [0.5, 0.6) is 5.75 Å². The first-order chi connectivity index (χ1) is 9.38. The van der Waals surface area contributed by atoms with Gasteiger partial charge in [-0.1, -0.05) is 30.3 Å². The SMILES string of the molecule is N#Cc1ccccc1NCC1COc2ccccc21. The van der Waals surface area contributed by atoms with Crippen LogP contribution in [0.2, 0.25) is 0 Å². The van der Waals surface area contributed by atoms with Gasteiger partial charge in [-0.3, -0.25) is 0 Å². The number of anilines is 1. The normalized spacial score (nSPS) is 16.3. The average Bonchev–Trinajstić information content (AvgIpc) is 2.89. The van der Waals surface area contributed by atoms with Crippen LogP contribution in [0.3, 0.4) is 0 Å². The summed E-state index contributed by atoms with van der Waals surface area (Å²) in [7, 11) is 0. The van der Waals surface area contributed by atoms with E-state index >= 15 is 0 Å². The van der Waals surface area contributed by atoms with Gasteiger partial charge in [-0.05, 0) is 18.2 Å². The maximum atomic E-state index is 9.05. The zero-order valence-electron chi connectivity index (χ0n) is 10.5. The average molecular weight is 250 g/mol. The van der Waals surface area contributed by atoms with Crippen LogP contribution in [-0.2, 0) is 0 Å². The summed E-state index contributed by atoms with van der Waals surface area (Å²) in [6.07, 6.45) is 0. The van der Waals surface area contributed by atoms with Gasteiger partial charge >= 0.3 is 0 Å². The van der Waals surface area contributed by atoms with Crippen molar-refractivity contribution in [2.75, 3.05) is 18.5 Å². The van der Waals surface area contributed by atoms with Crippen LogP contribution >= 0.6 is 0 Å². The zero-order chi connectivity index (χ0) is 13.1. The molecule has 0 saturated heterocycles. The Bertz CT molecular complexity index is 631. The Morgan fingerprint density at radius 3 is 2.84 bits per heavy atom. The molecule has 3 nitrogen and oxygen atoms in total. The third-order valence-corrected chi connectivity index (χ3v) is 3.39. The number of hydrogen-bond donors (Lipinski definition) is 1. The Morgan fingerprint density at radius 2 is 1.95 bits per heavy atom. The summed E-state index contributed by atoms with van der Waals surface area (Å²) in [6, 6.07) is 17.9. The Balaban J connectivity index is 1.73. The Kier molecular flexibility index (Phi) is 3.07. The van der Waals surface area contributed by atoms with Crippen LogP contribution < -0.4 is 10.1 Å². The second-order valence-corrected chi connectivity index (χ2v) is 4.58. The first-order valence-corrected chi connectivity index (χ1v) is 6.33. The molecule has 19 heavy (non-hydrogen) atoms. The fourth-order valence-electron chi connectivity index (χ4n) is 2.37. The number of nitrogens with zero attached hydrogens (tertiary/aromatic N) is 1. The molecule has 94 valence electrons. The van der Waals surface area contributed by atoms with Gasteiger partial charge in [0.15, 0.2) is 0 Å². The van der Waals surface area contributed by atoms with Gasteiger partial charge in [0, 0.05) is 18.0 Å². The summed E-state index contributed by atoms with van der Waals surface area (Å²) in [5, 5.41) is 12.4. The first kappa shape index (κ1) is 11.6. The van der Waals surface area contributed by atoms with E-state index in [4.69, 9.17) is 10.00 Å². The van der Waals surface area contributed by atoms with Crippen molar-refractivity contribution >= 4 is 5.69 Å². The van der Waals surface area contributed by atoms with E-state index in [0.29, 0.717) is 18.1 Å². The molecule has 1 aliphatic heterocycles. The van der Waals surface area contributed by atoms with Gasteiger partial charge < -0.3 is 10.1 Å². The van der Waals surface area contributed by atoms with Crippen molar-refractivity contribution in [3.8, 4) is 11.8 Å². The first-order valence-electron chi connectivity index (χ1n) is 6.33. The molecule has 0 fully saturated rings. The van der Waals surface area contributed by atoms with E-state index in [9.17, 15) is 0 Å². The van der Waals surface area contributed by atoms with Gasteiger partial charge in [0.05, 0.1) is 17.9 Å². The van der Waals surface area contributed by atoms with Crippen molar-refractivity contribution < 1.29 is 4.74 Å².